The number of nitrogens with one attached hydrogen (secondary N) is 2. The van der Waals surface area contributed by atoms with Crippen molar-refractivity contribution < 1.29 is 4.39 Å². The van der Waals surface area contributed by atoms with E-state index in [2.05, 4.69) is 67.8 Å². The molecule has 0 atom stereocenters. The molecule has 2 aromatic carbocycles. The molecule has 0 aliphatic rings. The van der Waals surface area contributed by atoms with Crippen LogP contribution in [0.15, 0.2) is 54.6 Å². The zero-order valence-corrected chi connectivity index (χ0v) is 17.7. The molecule has 0 heterocycles. The molecule has 2 N–H and O–H groups in total. The Labute approximate surface area is 164 Å². The molecule has 2 aromatic rings. The fraction of sp³-hybridized carbons (Fsp3) is 0.409. The highest BCUT2D eigenvalue weighted by Crippen LogP contribution is 2.22. The lowest BCUT2D eigenvalue weighted by Gasteiger charge is -2.19. The van der Waals surface area contributed by atoms with Gasteiger partial charge in [-0.1, -0.05) is 89.2 Å². The number of rotatable bonds is 4. The van der Waals surface area contributed by atoms with Gasteiger partial charge in [0.05, 0.1) is 7.18 Å². The average Bonchev–Trinajstić information content (AvgIpc) is 2.68. The van der Waals surface area contributed by atoms with Gasteiger partial charge < -0.3 is 10.6 Å². The van der Waals surface area contributed by atoms with E-state index in [4.69, 9.17) is 12.2 Å². The topological polar surface area (TPSA) is 24.1 Å². The summed E-state index contributed by atoms with van der Waals surface area (Å²) in [6, 6.07) is 19.0. The number of benzene rings is 2. The van der Waals surface area contributed by atoms with Gasteiger partial charge in [-0.2, -0.15) is 0 Å². The first kappa shape index (κ1) is 24.1. The van der Waals surface area contributed by atoms with Crippen molar-refractivity contribution in [2.45, 2.75) is 53.1 Å². The third-order valence-electron chi connectivity index (χ3n) is 3.57. The number of hydrogen-bond acceptors (Lipinski definition) is 1. The minimum Gasteiger partial charge on any atom is -0.359 e. The number of thiocarbonyl (C=S) groups is 1. The first-order valence-electron chi connectivity index (χ1n) is 8.98. The van der Waals surface area contributed by atoms with E-state index < -0.39 is 0 Å². The van der Waals surface area contributed by atoms with Crippen molar-refractivity contribution in [1.29, 1.82) is 0 Å². The Balaban J connectivity index is 0.00000146. The number of hydrogen-bond donors (Lipinski definition) is 2. The second kappa shape index (κ2) is 13.3. The van der Waals surface area contributed by atoms with Crippen molar-refractivity contribution in [3.05, 3.63) is 71.3 Å². The zero-order chi connectivity index (χ0) is 20.0. The van der Waals surface area contributed by atoms with Gasteiger partial charge in [0.15, 0.2) is 5.11 Å². The Morgan fingerprint density at radius 2 is 1.23 bits per heavy atom. The lowest BCUT2D eigenvalue weighted by Crippen LogP contribution is -2.34. The van der Waals surface area contributed by atoms with Gasteiger partial charge in [0, 0.05) is 13.1 Å². The van der Waals surface area contributed by atoms with Gasteiger partial charge in [0.25, 0.3) is 0 Å². The molecule has 0 saturated carbocycles. The van der Waals surface area contributed by atoms with E-state index in [0.29, 0.717) is 12.3 Å². The molecule has 0 aliphatic carbocycles. The first-order chi connectivity index (χ1) is 12.4. The number of alkyl halides is 1. The van der Waals surface area contributed by atoms with Gasteiger partial charge in [0.1, 0.15) is 0 Å². The molecular weight excluding hydrogens is 343 g/mol. The molecule has 2 rings (SSSR count). The fourth-order valence-corrected chi connectivity index (χ4v) is 2.29. The quantitative estimate of drug-likeness (QED) is 0.663. The van der Waals surface area contributed by atoms with Gasteiger partial charge in [-0.25, -0.2) is 0 Å². The maximum atomic E-state index is 9.50. The average molecular weight is 377 g/mol. The minimum absolute atomic E-state index is 0.193. The normalized spacial score (nSPS) is 9.81. The predicted octanol–water partition coefficient (Wildman–Crippen LogP) is 5.76. The van der Waals surface area contributed by atoms with E-state index in [1.165, 1.54) is 16.7 Å². The third-order valence-corrected chi connectivity index (χ3v) is 3.86. The van der Waals surface area contributed by atoms with E-state index in [9.17, 15) is 4.39 Å². The maximum Gasteiger partial charge on any atom is 0.166 e. The van der Waals surface area contributed by atoms with Gasteiger partial charge >= 0.3 is 0 Å². The highest BCUT2D eigenvalue weighted by atomic mass is 32.1. The van der Waals surface area contributed by atoms with Crippen molar-refractivity contribution in [2.24, 2.45) is 0 Å². The summed E-state index contributed by atoms with van der Waals surface area (Å²) in [6.07, 6.45) is 0. The van der Waals surface area contributed by atoms with E-state index in [1.54, 1.807) is 0 Å². The monoisotopic (exact) mass is 376 g/mol. The van der Waals surface area contributed by atoms with Crippen LogP contribution in [0.4, 0.5) is 4.39 Å². The Hall–Kier alpha value is -1.94. The van der Waals surface area contributed by atoms with Gasteiger partial charge in [-0.05, 0) is 34.3 Å². The van der Waals surface area contributed by atoms with Crippen LogP contribution in [-0.2, 0) is 18.5 Å². The van der Waals surface area contributed by atoms with Crippen molar-refractivity contribution in [2.75, 3.05) is 7.18 Å². The summed E-state index contributed by atoms with van der Waals surface area (Å²) in [5.74, 6) is 0. The van der Waals surface area contributed by atoms with Gasteiger partial charge in [-0.3, -0.25) is 4.39 Å². The Morgan fingerprint density at radius 3 is 1.65 bits per heavy atom. The zero-order valence-electron chi connectivity index (χ0n) is 16.9. The maximum absolute atomic E-state index is 9.50. The van der Waals surface area contributed by atoms with Crippen molar-refractivity contribution in [1.82, 2.24) is 10.6 Å². The molecule has 0 amide bonds. The lowest BCUT2D eigenvalue weighted by atomic mass is 9.87. The predicted molar refractivity (Wildman–Crippen MR) is 116 cm³/mol. The van der Waals surface area contributed by atoms with Crippen molar-refractivity contribution in [3.63, 3.8) is 0 Å². The summed E-state index contributed by atoms with van der Waals surface area (Å²) < 4.78 is 9.50. The molecular formula is C22H33FN2S. The number of halogens is 1. The Morgan fingerprint density at radius 1 is 0.808 bits per heavy atom. The minimum atomic E-state index is 0.193. The summed E-state index contributed by atoms with van der Waals surface area (Å²) in [5.41, 5.74) is 4.00. The molecule has 0 unspecified atom stereocenters. The molecule has 0 aromatic heterocycles. The van der Waals surface area contributed by atoms with Crippen LogP contribution < -0.4 is 10.6 Å². The molecule has 144 valence electrons. The van der Waals surface area contributed by atoms with Crippen LogP contribution in [0.25, 0.3) is 0 Å². The van der Waals surface area contributed by atoms with Crippen LogP contribution in [0, 0.1) is 0 Å². The SMILES string of the molecule is CC.CC(C)(C)c1ccc(CNC(=S)NCc2ccccc2)cc1.CF. The highest BCUT2D eigenvalue weighted by molar-refractivity contribution is 7.80. The van der Waals surface area contributed by atoms with Crippen molar-refractivity contribution >= 4 is 17.3 Å². The van der Waals surface area contributed by atoms with E-state index >= 15 is 0 Å². The largest absolute Gasteiger partial charge is 0.359 e. The first-order valence-corrected chi connectivity index (χ1v) is 9.39. The van der Waals surface area contributed by atoms with Crippen molar-refractivity contribution in [3.8, 4) is 0 Å². The highest BCUT2D eigenvalue weighted by Gasteiger charge is 2.12. The van der Waals surface area contributed by atoms with Crippen LogP contribution in [0.2, 0.25) is 0 Å². The van der Waals surface area contributed by atoms with Crippen LogP contribution >= 0.6 is 12.2 Å². The Kier molecular flexibility index (Phi) is 12.3. The summed E-state index contributed by atoms with van der Waals surface area (Å²) >= 11 is 5.32. The molecule has 26 heavy (non-hydrogen) atoms. The summed E-state index contributed by atoms with van der Waals surface area (Å²) in [6.45, 7) is 12.2. The summed E-state index contributed by atoms with van der Waals surface area (Å²) in [7, 11) is 0.500. The molecule has 0 bridgehead atoms. The molecule has 0 radical (unpaired) electrons. The smallest absolute Gasteiger partial charge is 0.166 e. The standard InChI is InChI=1S/C19H24N2S.C2H6.CH3F/c1-19(2,3)17-11-9-16(10-12-17)14-21-18(22)20-13-15-7-5-4-6-8-15;2*1-2/h4-12H,13-14H2,1-3H3,(H2,20,21,22);1-2H3;1H3. The summed E-state index contributed by atoms with van der Waals surface area (Å²) in [4.78, 5) is 0. The fourth-order valence-electron chi connectivity index (χ4n) is 2.15. The van der Waals surface area contributed by atoms with E-state index in [1.807, 2.05) is 32.0 Å². The molecule has 0 fully saturated rings. The molecule has 0 spiro atoms. The Bertz CT molecular complexity index is 604. The lowest BCUT2D eigenvalue weighted by molar-refractivity contribution is 0.590. The van der Waals surface area contributed by atoms with E-state index in [-0.39, 0.29) is 5.41 Å². The van der Waals surface area contributed by atoms with Crippen LogP contribution in [0.1, 0.15) is 51.3 Å². The van der Waals surface area contributed by atoms with E-state index in [0.717, 1.165) is 13.1 Å². The van der Waals surface area contributed by atoms with Gasteiger partial charge in [-0.15, -0.1) is 0 Å². The molecule has 2 nitrogen and oxygen atoms in total. The van der Waals surface area contributed by atoms with Gasteiger partial charge in [0.2, 0.25) is 0 Å². The molecule has 0 aliphatic heterocycles. The van der Waals surface area contributed by atoms with Crippen LogP contribution in [0.5, 0.6) is 0 Å². The third kappa shape index (κ3) is 9.52. The molecule has 4 heteroatoms. The molecule has 0 saturated heterocycles. The van der Waals surface area contributed by atoms with Crippen LogP contribution in [0.3, 0.4) is 0 Å². The second-order valence-corrected chi connectivity index (χ2v) is 6.88. The summed E-state index contributed by atoms with van der Waals surface area (Å²) in [5, 5.41) is 7.16. The second-order valence-electron chi connectivity index (χ2n) is 6.47. The van der Waals surface area contributed by atoms with Crippen LogP contribution in [-0.4, -0.2) is 12.3 Å².